The number of hydrazine groups is 1. The molecule has 1 saturated carbocycles. The van der Waals surface area contributed by atoms with Crippen LogP contribution in [0.4, 0.5) is 11.9 Å². The number of rotatable bonds is 5. The van der Waals surface area contributed by atoms with Gasteiger partial charge in [0.15, 0.2) is 0 Å². The fourth-order valence-corrected chi connectivity index (χ4v) is 2.45. The van der Waals surface area contributed by atoms with Gasteiger partial charge in [0, 0.05) is 7.11 Å². The van der Waals surface area contributed by atoms with Gasteiger partial charge in [-0.15, -0.1) is 0 Å². The molecule has 0 aromatic carbocycles. The van der Waals surface area contributed by atoms with E-state index >= 15 is 0 Å². The van der Waals surface area contributed by atoms with E-state index in [9.17, 15) is 0 Å². The van der Waals surface area contributed by atoms with Crippen LogP contribution in [0.3, 0.4) is 0 Å². The highest BCUT2D eigenvalue weighted by molar-refractivity contribution is 5.38. The molecule has 0 amide bonds. The number of hydrogen-bond acceptors (Lipinski definition) is 9. The van der Waals surface area contributed by atoms with Gasteiger partial charge in [0.25, 0.3) is 5.95 Å². The standard InChI is InChI=1S/C11H17N9O/c1-21-8-4-2-3-7(8)15-9-16-10(19-12)18-11(17-9)20-6-13-5-14-20/h5-8H,2-4,12H2,1H3,(H2,15,16,17,18,19). The van der Waals surface area contributed by atoms with Gasteiger partial charge in [0.05, 0.1) is 12.1 Å². The van der Waals surface area contributed by atoms with E-state index in [4.69, 9.17) is 10.6 Å². The molecule has 1 aliphatic carbocycles. The molecule has 3 rings (SSSR count). The summed E-state index contributed by atoms with van der Waals surface area (Å²) < 4.78 is 6.89. The summed E-state index contributed by atoms with van der Waals surface area (Å²) in [6.45, 7) is 0. The first-order chi connectivity index (χ1) is 10.3. The maximum absolute atomic E-state index is 5.45. The van der Waals surface area contributed by atoms with E-state index in [0.29, 0.717) is 11.9 Å². The molecule has 2 heterocycles. The molecule has 0 saturated heterocycles. The van der Waals surface area contributed by atoms with Crippen LogP contribution in [0.5, 0.6) is 0 Å². The first-order valence-electron chi connectivity index (χ1n) is 6.67. The monoisotopic (exact) mass is 291 g/mol. The third kappa shape index (κ3) is 2.90. The summed E-state index contributed by atoms with van der Waals surface area (Å²) in [5, 5.41) is 7.27. The van der Waals surface area contributed by atoms with Crippen molar-refractivity contribution < 1.29 is 4.74 Å². The lowest BCUT2D eigenvalue weighted by molar-refractivity contribution is 0.101. The molecule has 2 atom stereocenters. The average Bonchev–Trinajstić information content (AvgIpc) is 3.18. The number of hydrogen-bond donors (Lipinski definition) is 3. The molecule has 1 fully saturated rings. The predicted octanol–water partition coefficient (Wildman–Crippen LogP) is -0.283. The second kappa shape index (κ2) is 5.97. The third-order valence-corrected chi connectivity index (χ3v) is 3.45. The van der Waals surface area contributed by atoms with Crippen molar-refractivity contribution in [3.8, 4) is 5.95 Å². The summed E-state index contributed by atoms with van der Waals surface area (Å²) in [5.74, 6) is 6.42. The van der Waals surface area contributed by atoms with Gasteiger partial charge >= 0.3 is 0 Å². The summed E-state index contributed by atoms with van der Waals surface area (Å²) >= 11 is 0. The van der Waals surface area contributed by atoms with Gasteiger partial charge in [-0.3, -0.25) is 5.43 Å². The average molecular weight is 291 g/mol. The fraction of sp³-hybridized carbons (Fsp3) is 0.545. The van der Waals surface area contributed by atoms with Crippen molar-refractivity contribution in [1.82, 2.24) is 29.7 Å². The van der Waals surface area contributed by atoms with Crippen molar-refractivity contribution in [1.29, 1.82) is 0 Å². The molecule has 112 valence electrons. The Labute approximate surface area is 121 Å². The highest BCUT2D eigenvalue weighted by Crippen LogP contribution is 2.24. The molecule has 10 heteroatoms. The van der Waals surface area contributed by atoms with Crippen LogP contribution in [0.2, 0.25) is 0 Å². The zero-order valence-electron chi connectivity index (χ0n) is 11.6. The zero-order valence-corrected chi connectivity index (χ0v) is 11.6. The molecular formula is C11H17N9O. The third-order valence-electron chi connectivity index (χ3n) is 3.45. The molecule has 2 unspecified atom stereocenters. The minimum Gasteiger partial charge on any atom is -0.379 e. The highest BCUT2D eigenvalue weighted by Gasteiger charge is 2.27. The molecule has 2 aromatic heterocycles. The molecule has 21 heavy (non-hydrogen) atoms. The van der Waals surface area contributed by atoms with E-state index in [1.807, 2.05) is 0 Å². The van der Waals surface area contributed by atoms with Crippen molar-refractivity contribution >= 4 is 11.9 Å². The highest BCUT2D eigenvalue weighted by atomic mass is 16.5. The van der Waals surface area contributed by atoms with E-state index in [2.05, 4.69) is 35.8 Å². The van der Waals surface area contributed by atoms with E-state index in [0.717, 1.165) is 19.3 Å². The Morgan fingerprint density at radius 3 is 2.86 bits per heavy atom. The van der Waals surface area contributed by atoms with Gasteiger partial charge in [-0.2, -0.15) is 24.7 Å². The Bertz CT molecular complexity index is 587. The van der Waals surface area contributed by atoms with Crippen molar-refractivity contribution in [3.05, 3.63) is 12.7 Å². The number of nitrogens with zero attached hydrogens (tertiary/aromatic N) is 6. The van der Waals surface area contributed by atoms with Crippen LogP contribution in [-0.4, -0.2) is 49.0 Å². The van der Waals surface area contributed by atoms with E-state index < -0.39 is 0 Å². The van der Waals surface area contributed by atoms with Crippen molar-refractivity contribution in [2.45, 2.75) is 31.4 Å². The number of anilines is 2. The Hall–Kier alpha value is -2.33. The SMILES string of the molecule is COC1CCCC1Nc1nc(NN)nc(-n2cncn2)n1. The van der Waals surface area contributed by atoms with Gasteiger partial charge < -0.3 is 10.1 Å². The van der Waals surface area contributed by atoms with Gasteiger partial charge in [-0.1, -0.05) is 0 Å². The van der Waals surface area contributed by atoms with Gasteiger partial charge in [0.1, 0.15) is 12.7 Å². The lowest BCUT2D eigenvalue weighted by atomic mass is 10.2. The molecule has 0 bridgehead atoms. The van der Waals surface area contributed by atoms with Crippen LogP contribution in [0.1, 0.15) is 19.3 Å². The molecular weight excluding hydrogens is 274 g/mol. The van der Waals surface area contributed by atoms with E-state index in [-0.39, 0.29) is 18.1 Å². The van der Waals surface area contributed by atoms with Crippen LogP contribution in [-0.2, 0) is 4.74 Å². The minimum absolute atomic E-state index is 0.158. The van der Waals surface area contributed by atoms with Gasteiger partial charge in [0.2, 0.25) is 11.9 Å². The number of aromatic nitrogens is 6. The topological polar surface area (TPSA) is 129 Å². The number of methoxy groups -OCH3 is 1. The minimum atomic E-state index is 0.158. The number of nitrogens with one attached hydrogen (secondary N) is 2. The summed E-state index contributed by atoms with van der Waals surface area (Å²) in [6.07, 6.45) is 6.22. The summed E-state index contributed by atoms with van der Waals surface area (Å²) in [6, 6.07) is 0.173. The largest absolute Gasteiger partial charge is 0.379 e. The Morgan fingerprint density at radius 1 is 1.29 bits per heavy atom. The summed E-state index contributed by atoms with van der Waals surface area (Å²) in [5.41, 5.74) is 2.42. The Balaban J connectivity index is 1.86. The molecule has 1 aliphatic rings. The second-order valence-corrected chi connectivity index (χ2v) is 4.72. The second-order valence-electron chi connectivity index (χ2n) is 4.72. The molecule has 4 N–H and O–H groups in total. The molecule has 0 aliphatic heterocycles. The van der Waals surface area contributed by atoms with Crippen LogP contribution < -0.4 is 16.6 Å². The van der Waals surface area contributed by atoms with Gasteiger partial charge in [-0.25, -0.2) is 10.8 Å². The number of ether oxygens (including phenoxy) is 1. The first kappa shape index (κ1) is 13.6. The molecule has 10 nitrogen and oxygen atoms in total. The quantitative estimate of drug-likeness (QED) is 0.503. The van der Waals surface area contributed by atoms with Crippen LogP contribution in [0.15, 0.2) is 12.7 Å². The van der Waals surface area contributed by atoms with E-state index in [1.54, 1.807) is 7.11 Å². The molecule has 2 aromatic rings. The van der Waals surface area contributed by atoms with Crippen molar-refractivity contribution in [2.24, 2.45) is 5.84 Å². The van der Waals surface area contributed by atoms with Crippen molar-refractivity contribution in [2.75, 3.05) is 17.9 Å². The predicted molar refractivity (Wildman–Crippen MR) is 74.6 cm³/mol. The van der Waals surface area contributed by atoms with Crippen molar-refractivity contribution in [3.63, 3.8) is 0 Å². The van der Waals surface area contributed by atoms with Gasteiger partial charge in [-0.05, 0) is 19.3 Å². The van der Waals surface area contributed by atoms with E-state index in [1.165, 1.54) is 17.3 Å². The lowest BCUT2D eigenvalue weighted by Gasteiger charge is -2.19. The smallest absolute Gasteiger partial charge is 0.258 e. The molecule has 0 spiro atoms. The first-order valence-corrected chi connectivity index (χ1v) is 6.67. The van der Waals surface area contributed by atoms with Crippen LogP contribution in [0.25, 0.3) is 5.95 Å². The van der Waals surface area contributed by atoms with Crippen LogP contribution in [0, 0.1) is 0 Å². The lowest BCUT2D eigenvalue weighted by Crippen LogP contribution is -2.31. The summed E-state index contributed by atoms with van der Waals surface area (Å²) in [7, 11) is 1.71. The maximum Gasteiger partial charge on any atom is 0.258 e. The molecule has 0 radical (unpaired) electrons. The zero-order chi connectivity index (χ0) is 14.7. The summed E-state index contributed by atoms with van der Waals surface area (Å²) in [4.78, 5) is 16.6. The number of nitrogens with two attached hydrogens (primary N) is 1. The Kier molecular flexibility index (Phi) is 3.88. The maximum atomic E-state index is 5.45. The number of nitrogen functional groups attached to an aromatic ring is 1. The fourth-order valence-electron chi connectivity index (χ4n) is 2.45. The normalized spacial score (nSPS) is 21.4. The van der Waals surface area contributed by atoms with Crippen LogP contribution >= 0.6 is 0 Å². The Morgan fingerprint density at radius 2 is 2.14 bits per heavy atom.